The number of hydrogen-bond acceptors (Lipinski definition) is 4. The number of nitrogens with zero attached hydrogens (tertiary/aromatic N) is 2. The topological polar surface area (TPSA) is 37.3 Å². The quantitative estimate of drug-likeness (QED) is 0.494. The van der Waals surface area contributed by atoms with Gasteiger partial charge in [0.2, 0.25) is 0 Å². The highest BCUT2D eigenvalue weighted by atomic mass is 35.5. The van der Waals surface area contributed by atoms with E-state index in [2.05, 4.69) is 27.6 Å². The molecule has 1 aromatic heterocycles. The molecule has 0 bridgehead atoms. The van der Waals surface area contributed by atoms with E-state index in [0.717, 1.165) is 33.2 Å². The number of aromatic nitrogens is 1. The van der Waals surface area contributed by atoms with Crippen LogP contribution >= 0.6 is 22.9 Å². The summed E-state index contributed by atoms with van der Waals surface area (Å²) in [4.78, 5) is 4.65. The first-order valence-electron chi connectivity index (χ1n) is 7.22. The fourth-order valence-corrected chi connectivity index (χ4v) is 3.26. The third-order valence-electron chi connectivity index (χ3n) is 3.45. The third-order valence-corrected chi connectivity index (χ3v) is 4.66. The van der Waals surface area contributed by atoms with Gasteiger partial charge in [-0.15, -0.1) is 11.3 Å². The minimum absolute atomic E-state index is 0.657. The number of para-hydroxylation sites is 1. The van der Waals surface area contributed by atoms with Crippen molar-refractivity contribution < 1.29 is 0 Å². The van der Waals surface area contributed by atoms with E-state index in [0.29, 0.717) is 5.02 Å². The Balaban J connectivity index is 1.81. The summed E-state index contributed by atoms with van der Waals surface area (Å²) in [5.74, 6) is 0. The molecule has 2 aromatic carbocycles. The molecule has 0 saturated carbocycles. The second kappa shape index (κ2) is 6.94. The smallest absolute Gasteiger partial charge is 0.124 e. The van der Waals surface area contributed by atoms with Crippen LogP contribution < -0.4 is 5.43 Å². The molecule has 0 spiro atoms. The first kappa shape index (κ1) is 15.7. The molecule has 3 nitrogen and oxygen atoms in total. The molecule has 1 N–H and O–H groups in total. The van der Waals surface area contributed by atoms with Crippen molar-refractivity contribution in [1.82, 2.24) is 4.98 Å². The number of aryl methyl sites for hydroxylation is 1. The summed E-state index contributed by atoms with van der Waals surface area (Å²) in [6.07, 6.45) is 0. The van der Waals surface area contributed by atoms with Gasteiger partial charge < -0.3 is 0 Å². The lowest BCUT2D eigenvalue weighted by atomic mass is 10.2. The number of halogens is 1. The fourth-order valence-electron chi connectivity index (χ4n) is 2.12. The highest BCUT2D eigenvalue weighted by Crippen LogP contribution is 2.26. The maximum Gasteiger partial charge on any atom is 0.124 e. The van der Waals surface area contributed by atoms with Gasteiger partial charge in [-0.2, -0.15) is 5.10 Å². The zero-order chi connectivity index (χ0) is 16.2. The van der Waals surface area contributed by atoms with E-state index in [9.17, 15) is 0 Å². The third kappa shape index (κ3) is 3.60. The summed E-state index contributed by atoms with van der Waals surface area (Å²) >= 11 is 7.81. The van der Waals surface area contributed by atoms with Gasteiger partial charge in [-0.3, -0.25) is 5.43 Å². The predicted octanol–water partition coefficient (Wildman–Crippen LogP) is 5.61. The summed E-state index contributed by atoms with van der Waals surface area (Å²) in [6, 6.07) is 15.9. The van der Waals surface area contributed by atoms with Crippen molar-refractivity contribution >= 4 is 34.3 Å². The van der Waals surface area contributed by atoms with Crippen LogP contribution in [0.15, 0.2) is 59.0 Å². The molecule has 0 aliphatic rings. The standard InChI is InChI=1S/C18H16ClN3S/c1-12-7-6-10-15(19)17(12)22-21-13(2)16-11-23-18(20-16)14-8-4-3-5-9-14/h3-11,22H,1-2H3/b21-13-. The molecular weight excluding hydrogens is 326 g/mol. The zero-order valence-electron chi connectivity index (χ0n) is 12.9. The van der Waals surface area contributed by atoms with Crippen LogP contribution in [0.1, 0.15) is 18.2 Å². The van der Waals surface area contributed by atoms with Gasteiger partial charge in [0.05, 0.1) is 22.1 Å². The molecule has 0 amide bonds. The van der Waals surface area contributed by atoms with Gasteiger partial charge in [0, 0.05) is 10.9 Å². The number of benzene rings is 2. The Morgan fingerprint density at radius 2 is 1.91 bits per heavy atom. The summed E-state index contributed by atoms with van der Waals surface area (Å²) in [7, 11) is 0. The largest absolute Gasteiger partial charge is 0.276 e. The van der Waals surface area contributed by atoms with Crippen LogP contribution in [0.2, 0.25) is 5.02 Å². The van der Waals surface area contributed by atoms with Crippen molar-refractivity contribution in [3.8, 4) is 10.6 Å². The van der Waals surface area contributed by atoms with Gasteiger partial charge in [-0.05, 0) is 25.5 Å². The monoisotopic (exact) mass is 341 g/mol. The molecule has 0 unspecified atom stereocenters. The van der Waals surface area contributed by atoms with Crippen LogP contribution in [0.5, 0.6) is 0 Å². The van der Waals surface area contributed by atoms with Crippen LogP contribution in [0, 0.1) is 6.92 Å². The van der Waals surface area contributed by atoms with Crippen LogP contribution in [0.3, 0.4) is 0 Å². The number of nitrogens with one attached hydrogen (secondary N) is 1. The van der Waals surface area contributed by atoms with Gasteiger partial charge in [-0.25, -0.2) is 4.98 Å². The van der Waals surface area contributed by atoms with E-state index in [1.807, 2.05) is 55.6 Å². The van der Waals surface area contributed by atoms with Gasteiger partial charge >= 0.3 is 0 Å². The van der Waals surface area contributed by atoms with E-state index in [1.54, 1.807) is 11.3 Å². The fraction of sp³-hybridized carbons (Fsp3) is 0.111. The number of thiazole rings is 1. The molecule has 3 aromatic rings. The molecule has 0 aliphatic heterocycles. The minimum Gasteiger partial charge on any atom is -0.276 e. The molecule has 0 fully saturated rings. The second-order valence-corrected chi connectivity index (χ2v) is 6.41. The SMILES string of the molecule is C/C(=N/Nc1c(C)cccc1Cl)c1csc(-c2ccccc2)n1. The second-order valence-electron chi connectivity index (χ2n) is 5.14. The molecule has 3 rings (SSSR count). The highest BCUT2D eigenvalue weighted by molar-refractivity contribution is 7.13. The summed E-state index contributed by atoms with van der Waals surface area (Å²) in [5.41, 5.74) is 7.73. The normalized spacial score (nSPS) is 11.5. The predicted molar refractivity (Wildman–Crippen MR) is 99.6 cm³/mol. The Kier molecular flexibility index (Phi) is 4.74. The Morgan fingerprint density at radius 3 is 2.65 bits per heavy atom. The van der Waals surface area contributed by atoms with Gasteiger partial charge in [0.25, 0.3) is 0 Å². The van der Waals surface area contributed by atoms with E-state index >= 15 is 0 Å². The van der Waals surface area contributed by atoms with Crippen LogP contribution in [0.25, 0.3) is 10.6 Å². The molecule has 1 heterocycles. The van der Waals surface area contributed by atoms with E-state index in [1.165, 1.54) is 0 Å². The maximum atomic E-state index is 6.20. The Hall–Kier alpha value is -2.17. The van der Waals surface area contributed by atoms with Gasteiger partial charge in [0.1, 0.15) is 5.01 Å². The molecular formula is C18H16ClN3S. The van der Waals surface area contributed by atoms with Crippen LogP contribution in [0.4, 0.5) is 5.69 Å². The lowest BCUT2D eigenvalue weighted by Gasteiger charge is -2.07. The maximum absolute atomic E-state index is 6.20. The van der Waals surface area contributed by atoms with Crippen molar-refractivity contribution in [2.24, 2.45) is 5.10 Å². The molecule has 116 valence electrons. The average Bonchev–Trinajstić information content (AvgIpc) is 3.05. The first-order valence-corrected chi connectivity index (χ1v) is 8.47. The molecule has 0 atom stereocenters. The van der Waals surface area contributed by atoms with Crippen molar-refractivity contribution in [3.63, 3.8) is 0 Å². The van der Waals surface area contributed by atoms with E-state index in [-0.39, 0.29) is 0 Å². The van der Waals surface area contributed by atoms with Gasteiger partial charge in [0.15, 0.2) is 0 Å². The van der Waals surface area contributed by atoms with E-state index in [4.69, 9.17) is 11.6 Å². The first-order chi connectivity index (χ1) is 11.1. The van der Waals surface area contributed by atoms with Crippen molar-refractivity contribution in [2.75, 3.05) is 5.43 Å². The minimum atomic E-state index is 0.657. The number of rotatable bonds is 4. The zero-order valence-corrected chi connectivity index (χ0v) is 14.4. The van der Waals surface area contributed by atoms with Crippen LogP contribution in [-0.4, -0.2) is 10.7 Å². The van der Waals surface area contributed by atoms with Crippen molar-refractivity contribution in [3.05, 3.63) is 70.2 Å². The Labute approximate surface area is 144 Å². The highest BCUT2D eigenvalue weighted by Gasteiger charge is 2.07. The van der Waals surface area contributed by atoms with Crippen molar-refractivity contribution in [2.45, 2.75) is 13.8 Å². The summed E-state index contributed by atoms with van der Waals surface area (Å²) < 4.78 is 0. The Morgan fingerprint density at radius 1 is 1.13 bits per heavy atom. The summed E-state index contributed by atoms with van der Waals surface area (Å²) in [5, 5.41) is 8.08. The number of anilines is 1. The molecule has 23 heavy (non-hydrogen) atoms. The Bertz CT molecular complexity index is 820. The lowest BCUT2D eigenvalue weighted by molar-refractivity contribution is 1.27. The average molecular weight is 342 g/mol. The molecule has 0 aliphatic carbocycles. The number of hydrazone groups is 1. The van der Waals surface area contributed by atoms with Crippen molar-refractivity contribution in [1.29, 1.82) is 0 Å². The number of hydrogen-bond donors (Lipinski definition) is 1. The van der Waals surface area contributed by atoms with E-state index < -0.39 is 0 Å². The molecule has 5 heteroatoms. The van der Waals surface area contributed by atoms with Crippen LogP contribution in [-0.2, 0) is 0 Å². The summed E-state index contributed by atoms with van der Waals surface area (Å²) in [6.45, 7) is 3.93. The molecule has 0 radical (unpaired) electrons. The lowest BCUT2D eigenvalue weighted by Crippen LogP contribution is -2.01. The van der Waals surface area contributed by atoms with Gasteiger partial charge in [-0.1, -0.05) is 54.1 Å². The molecule has 0 saturated heterocycles.